The zero-order valence-corrected chi connectivity index (χ0v) is 42.2. The first-order chi connectivity index (χ1) is 43.0. The van der Waals surface area contributed by atoms with Crippen molar-refractivity contribution < 1.29 is 40.1 Å². The third-order valence-corrected chi connectivity index (χ3v) is 13.5. The molecule has 0 spiro atoms. The maximum absolute atomic E-state index is 8.75. The van der Waals surface area contributed by atoms with Crippen LogP contribution in [0.15, 0.2) is 248 Å². The lowest BCUT2D eigenvalue weighted by Crippen LogP contribution is -2.29. The van der Waals surface area contributed by atoms with Gasteiger partial charge in [0.25, 0.3) is 0 Å². The van der Waals surface area contributed by atoms with Gasteiger partial charge in [0.15, 0.2) is 29.1 Å². The second-order valence-corrected chi connectivity index (χ2v) is 18.6. The standard InChI is InChI=1S/C33H19N3O2.C27H14ClN3O2.C6H7BO2/c1-2-8-20(9-3-1)31-34-32(21-14-16-25-23-10-4-6-12-27(23)37-29(25)18-21)36-33(35-31)22-15-17-26-24-11-5-7-13-28(24)38-30(26)19-22;28-27-30-25(15-9-11-19-17-5-1-3-7-21(17)32-23(19)13-15)29-26(31-27)16-10-12-20-18-6-2-4-8-22(18)33-24(20)14-16;8-7(9)6-4-2-1-3-5-6/h1-19H;1-14H;1-5,8-9H/i1D,2D,3D,8D,9D;;1D,2D,3D,4D. The van der Waals surface area contributed by atoms with E-state index in [0.29, 0.717) is 33.9 Å². The van der Waals surface area contributed by atoms with Crippen molar-refractivity contribution in [2.24, 2.45) is 0 Å². The average Bonchev–Trinajstić information content (AvgIpc) is 2.04. The highest BCUT2D eigenvalue weighted by molar-refractivity contribution is 6.58. The van der Waals surface area contributed by atoms with E-state index in [9.17, 15) is 0 Å². The lowest BCUT2D eigenvalue weighted by molar-refractivity contribution is 0.426. The van der Waals surface area contributed by atoms with Gasteiger partial charge in [0.2, 0.25) is 5.28 Å². The number of aromatic nitrogens is 6. The van der Waals surface area contributed by atoms with Gasteiger partial charge < -0.3 is 27.7 Å². The summed E-state index contributed by atoms with van der Waals surface area (Å²) in [7, 11) is -1.87. The summed E-state index contributed by atoms with van der Waals surface area (Å²) in [6.07, 6.45) is 0. The molecule has 0 fully saturated rings. The van der Waals surface area contributed by atoms with Crippen LogP contribution >= 0.6 is 11.6 Å². The van der Waals surface area contributed by atoms with Gasteiger partial charge in [-0.25, -0.2) is 19.9 Å². The zero-order valence-electron chi connectivity index (χ0n) is 50.4. The fourth-order valence-corrected chi connectivity index (χ4v) is 9.76. The van der Waals surface area contributed by atoms with Crippen molar-refractivity contribution in [1.29, 1.82) is 0 Å². The van der Waals surface area contributed by atoms with Crippen molar-refractivity contribution in [2.75, 3.05) is 0 Å². The molecule has 12 nitrogen and oxygen atoms in total. The van der Waals surface area contributed by atoms with Crippen LogP contribution in [0.25, 0.3) is 145 Å². The van der Waals surface area contributed by atoms with Crippen LogP contribution < -0.4 is 5.46 Å². The Morgan fingerprint density at radius 1 is 0.312 bits per heavy atom. The van der Waals surface area contributed by atoms with Crippen LogP contribution in [0.4, 0.5) is 0 Å². The number of fused-ring (bicyclic) bond motifs is 12. The first-order valence-electron chi connectivity index (χ1n) is 29.4. The number of hydrogen-bond donors (Lipinski definition) is 2. The SMILES string of the molecule is Clc1nc(-c2ccc3c(c2)oc2ccccc23)nc(-c2ccc3c(c2)oc2ccccc23)n1.[2H]c1c([2H])c([2H])c(-c2nc(-c3ccc4c(c3)oc3ccccc34)nc(-c3ccc4c(c3)oc3ccccc34)n2)c([2H])c1[2H].[2H]c1cc(B(O)O)c([2H])c([2H])c1[2H]. The highest BCUT2D eigenvalue weighted by Gasteiger charge is 2.18. The molecule has 0 radical (unpaired) electrons. The molecule has 0 bridgehead atoms. The summed E-state index contributed by atoms with van der Waals surface area (Å²) in [5.41, 5.74) is 8.56. The highest BCUT2D eigenvalue weighted by atomic mass is 35.5. The van der Waals surface area contributed by atoms with E-state index >= 15 is 0 Å². The second-order valence-electron chi connectivity index (χ2n) is 18.3. The minimum atomic E-state index is -1.87. The fourth-order valence-electron chi connectivity index (χ4n) is 9.60. The molecule has 2 N–H and O–H groups in total. The largest absolute Gasteiger partial charge is 0.488 e. The summed E-state index contributed by atoms with van der Waals surface area (Å²) in [5.74, 6) is 1.46. The molecule has 0 aliphatic heterocycles. The van der Waals surface area contributed by atoms with E-state index in [1.165, 1.54) is 0 Å². The maximum atomic E-state index is 8.75. The molecular weight excluding hydrogens is 1020 g/mol. The van der Waals surface area contributed by atoms with Gasteiger partial charge in [-0.1, -0.05) is 158 Å². The van der Waals surface area contributed by atoms with Gasteiger partial charge >= 0.3 is 7.12 Å². The first kappa shape index (κ1) is 39.1. The molecule has 0 saturated carbocycles. The van der Waals surface area contributed by atoms with E-state index in [1.807, 2.05) is 170 Å². The molecule has 80 heavy (non-hydrogen) atoms. The molecule has 380 valence electrons. The third-order valence-electron chi connectivity index (χ3n) is 13.4. The van der Waals surface area contributed by atoms with Gasteiger partial charge in [-0.05, 0) is 89.9 Å². The van der Waals surface area contributed by atoms with Gasteiger partial charge in [-0.15, -0.1) is 0 Å². The summed E-state index contributed by atoms with van der Waals surface area (Å²) in [4.78, 5) is 27.5. The van der Waals surface area contributed by atoms with Gasteiger partial charge in [0, 0.05) is 70.9 Å². The molecule has 0 atom stereocenters. The van der Waals surface area contributed by atoms with Crippen molar-refractivity contribution in [3.8, 4) is 56.9 Å². The summed E-state index contributed by atoms with van der Waals surface area (Å²) in [6, 6.07) is 51.9. The summed E-state index contributed by atoms with van der Waals surface area (Å²) in [5, 5.41) is 25.7. The quantitative estimate of drug-likeness (QED) is 0.151. The van der Waals surface area contributed by atoms with E-state index < -0.39 is 49.4 Å². The number of furan rings is 4. The van der Waals surface area contributed by atoms with Crippen LogP contribution in [0.1, 0.15) is 12.3 Å². The van der Waals surface area contributed by atoms with Crippen LogP contribution in [0, 0.1) is 0 Å². The van der Waals surface area contributed by atoms with Crippen molar-refractivity contribution in [2.45, 2.75) is 0 Å². The molecule has 10 aromatic carbocycles. The highest BCUT2D eigenvalue weighted by Crippen LogP contribution is 2.37. The lowest BCUT2D eigenvalue weighted by Gasteiger charge is -2.08. The molecule has 6 aromatic heterocycles. The van der Waals surface area contributed by atoms with Gasteiger partial charge in [-0.2, -0.15) is 9.97 Å². The van der Waals surface area contributed by atoms with Crippen molar-refractivity contribution in [3.63, 3.8) is 0 Å². The first-order valence-corrected chi connectivity index (χ1v) is 25.3. The number of rotatable bonds is 6. The molecule has 0 aliphatic rings. The normalized spacial score (nSPS) is 13.0. The maximum Gasteiger partial charge on any atom is 0.488 e. The smallest absolute Gasteiger partial charge is 0.456 e. The lowest BCUT2D eigenvalue weighted by atomic mass is 9.81. The van der Waals surface area contributed by atoms with Crippen molar-refractivity contribution >= 4 is 112 Å². The van der Waals surface area contributed by atoms with E-state index in [0.717, 1.165) is 93.8 Å². The average molecular weight is 1070 g/mol. The Bertz CT molecular complexity index is 5270. The Balaban J connectivity index is 0.000000133. The Kier molecular flexibility index (Phi) is 9.90. The Morgan fingerprint density at radius 3 is 0.975 bits per heavy atom. The van der Waals surface area contributed by atoms with Crippen molar-refractivity contribution in [3.05, 3.63) is 236 Å². The number of hydrogen-bond acceptors (Lipinski definition) is 12. The predicted molar refractivity (Wildman–Crippen MR) is 317 cm³/mol. The number of benzene rings is 10. The van der Waals surface area contributed by atoms with Crippen LogP contribution in [0.5, 0.6) is 0 Å². The monoisotopic (exact) mass is 1070 g/mol. The van der Waals surface area contributed by atoms with E-state index in [2.05, 4.69) is 19.9 Å². The molecule has 0 saturated heterocycles. The van der Waals surface area contributed by atoms with Crippen LogP contribution in [0.2, 0.25) is 5.28 Å². The topological polar surface area (TPSA) is 170 Å². The fraction of sp³-hybridized carbons (Fsp3) is 0. The van der Waals surface area contributed by atoms with E-state index in [1.54, 1.807) is 0 Å². The van der Waals surface area contributed by atoms with Gasteiger partial charge in [0.1, 0.15) is 44.7 Å². The summed E-state index contributed by atoms with van der Waals surface area (Å²) in [6.45, 7) is 0. The van der Waals surface area contributed by atoms with Crippen LogP contribution in [-0.2, 0) is 0 Å². The molecule has 0 aliphatic carbocycles. The Morgan fingerprint density at radius 2 is 0.613 bits per heavy atom. The number of para-hydroxylation sites is 4. The van der Waals surface area contributed by atoms with Crippen LogP contribution in [-0.4, -0.2) is 47.1 Å². The van der Waals surface area contributed by atoms with E-state index in [4.69, 9.17) is 61.6 Å². The second kappa shape index (κ2) is 20.2. The third kappa shape index (κ3) is 9.12. The molecular formula is C66H40BClN6O6. The summed E-state index contributed by atoms with van der Waals surface area (Å²) < 4.78 is 94.6. The predicted octanol–water partition coefficient (Wildman–Crippen LogP) is 15.7. The van der Waals surface area contributed by atoms with Crippen LogP contribution in [0.3, 0.4) is 0 Å². The molecule has 14 heteroatoms. The minimum Gasteiger partial charge on any atom is -0.456 e. The van der Waals surface area contributed by atoms with Gasteiger partial charge in [0.05, 0.1) is 12.3 Å². The van der Waals surface area contributed by atoms with E-state index in [-0.39, 0.29) is 45.9 Å². The molecule has 0 amide bonds. The molecule has 6 heterocycles. The summed E-state index contributed by atoms with van der Waals surface area (Å²) >= 11 is 6.31. The Labute approximate surface area is 472 Å². The number of halogens is 1. The molecule has 16 aromatic rings. The Hall–Kier alpha value is -10.3. The molecule has 16 rings (SSSR count). The number of nitrogens with zero attached hydrogens (tertiary/aromatic N) is 6. The van der Waals surface area contributed by atoms with Crippen molar-refractivity contribution in [1.82, 2.24) is 29.9 Å². The molecule has 0 unspecified atom stereocenters. The zero-order chi connectivity index (χ0) is 61.5. The van der Waals surface area contributed by atoms with Gasteiger partial charge in [-0.3, -0.25) is 0 Å². The minimum absolute atomic E-state index is 0.0357.